The second kappa shape index (κ2) is 1.92. The van der Waals surface area contributed by atoms with Crippen LogP contribution < -0.4 is 10.6 Å². The van der Waals surface area contributed by atoms with Crippen molar-refractivity contribution in [2.24, 2.45) is 0 Å². The van der Waals surface area contributed by atoms with Crippen LogP contribution in [0.3, 0.4) is 0 Å². The molecule has 0 saturated carbocycles. The van der Waals surface area contributed by atoms with E-state index in [1.807, 2.05) is 6.20 Å². The lowest BCUT2D eigenvalue weighted by Gasteiger charge is -2.21. The Kier molecular flexibility index (Phi) is 1.09. The van der Waals surface area contributed by atoms with Gasteiger partial charge in [0.1, 0.15) is 12.4 Å². The summed E-state index contributed by atoms with van der Waals surface area (Å²) in [4.78, 5) is 0. The summed E-state index contributed by atoms with van der Waals surface area (Å²) in [6, 6.07) is 0.443. The van der Waals surface area contributed by atoms with E-state index in [0.29, 0.717) is 6.04 Å². The van der Waals surface area contributed by atoms with Gasteiger partial charge in [0.15, 0.2) is 0 Å². The summed E-state index contributed by atoms with van der Waals surface area (Å²) in [6.45, 7) is 2.77. The molecule has 0 aromatic carbocycles. The third-order valence-electron chi connectivity index (χ3n) is 1.67. The molecule has 0 aliphatic carbocycles. The molecule has 2 N–H and O–H groups in total. The molecule has 1 atom stereocenters. The largest absolute Gasteiger partial charge is 0.493 e. The molecule has 2 heterocycles. The zero-order chi connectivity index (χ0) is 6.10. The minimum atomic E-state index is 0.443. The Morgan fingerprint density at radius 3 is 3.56 bits per heavy atom. The molecule has 0 amide bonds. The zero-order valence-electron chi connectivity index (χ0n) is 5.18. The van der Waals surface area contributed by atoms with E-state index in [4.69, 9.17) is 4.74 Å². The molecule has 0 aromatic rings. The van der Waals surface area contributed by atoms with Crippen molar-refractivity contribution in [3.8, 4) is 0 Å². The average Bonchev–Trinajstić information content (AvgIpc) is 2.33. The van der Waals surface area contributed by atoms with Crippen LogP contribution in [0.1, 0.15) is 0 Å². The van der Waals surface area contributed by atoms with Crippen LogP contribution in [0.5, 0.6) is 0 Å². The first kappa shape index (κ1) is 5.11. The van der Waals surface area contributed by atoms with E-state index in [0.717, 1.165) is 25.5 Å². The van der Waals surface area contributed by atoms with E-state index in [9.17, 15) is 0 Å². The maximum atomic E-state index is 5.34. The normalized spacial score (nSPS) is 32.0. The van der Waals surface area contributed by atoms with Gasteiger partial charge in [0.2, 0.25) is 0 Å². The fourth-order valence-corrected chi connectivity index (χ4v) is 1.20. The minimum absolute atomic E-state index is 0.443. The molecule has 2 rings (SSSR count). The second-order valence-corrected chi connectivity index (χ2v) is 2.31. The van der Waals surface area contributed by atoms with Crippen LogP contribution >= 0.6 is 0 Å². The van der Waals surface area contributed by atoms with E-state index in [2.05, 4.69) is 10.6 Å². The summed E-state index contributed by atoms with van der Waals surface area (Å²) in [6.07, 6.45) is 1.94. The zero-order valence-corrected chi connectivity index (χ0v) is 5.18. The van der Waals surface area contributed by atoms with Gasteiger partial charge in [-0.1, -0.05) is 0 Å². The average molecular weight is 126 g/mol. The predicted octanol–water partition coefficient (Wildman–Crippen LogP) is -0.581. The quantitative estimate of drug-likeness (QED) is 0.455. The Balaban J connectivity index is 2.09. The second-order valence-electron chi connectivity index (χ2n) is 2.31. The molecule has 0 bridgehead atoms. The molecule has 1 fully saturated rings. The highest BCUT2D eigenvalue weighted by atomic mass is 16.5. The van der Waals surface area contributed by atoms with E-state index in [1.54, 1.807) is 0 Å². The first-order valence-corrected chi connectivity index (χ1v) is 3.26. The lowest BCUT2D eigenvalue weighted by Crippen LogP contribution is -2.40. The molecule has 50 valence electrons. The smallest absolute Gasteiger partial charge is 0.130 e. The lowest BCUT2D eigenvalue weighted by atomic mass is 10.2. The summed E-state index contributed by atoms with van der Waals surface area (Å²) in [5.41, 5.74) is 0. The van der Waals surface area contributed by atoms with Gasteiger partial charge in [0.05, 0.1) is 6.04 Å². The molecule has 3 heteroatoms. The van der Waals surface area contributed by atoms with Crippen LogP contribution in [0.25, 0.3) is 0 Å². The Morgan fingerprint density at radius 2 is 2.67 bits per heavy atom. The third kappa shape index (κ3) is 0.772. The van der Waals surface area contributed by atoms with Gasteiger partial charge in [0, 0.05) is 19.3 Å². The Hall–Kier alpha value is -0.700. The fraction of sp³-hybridized carbons (Fsp3) is 0.667. The topological polar surface area (TPSA) is 33.3 Å². The first-order chi connectivity index (χ1) is 4.47. The molecule has 2 aliphatic rings. The number of hydrogen-bond acceptors (Lipinski definition) is 3. The van der Waals surface area contributed by atoms with Gasteiger partial charge >= 0.3 is 0 Å². The summed E-state index contributed by atoms with van der Waals surface area (Å²) < 4.78 is 5.34. The SMILES string of the molecule is C1=C2OCCNC2CN1. The predicted molar refractivity (Wildman–Crippen MR) is 33.8 cm³/mol. The fourth-order valence-electron chi connectivity index (χ4n) is 1.20. The highest BCUT2D eigenvalue weighted by molar-refractivity contribution is 5.11. The minimum Gasteiger partial charge on any atom is -0.493 e. The first-order valence-electron chi connectivity index (χ1n) is 3.26. The Morgan fingerprint density at radius 1 is 1.67 bits per heavy atom. The van der Waals surface area contributed by atoms with Crippen molar-refractivity contribution in [3.63, 3.8) is 0 Å². The Bertz CT molecular complexity index is 144. The van der Waals surface area contributed by atoms with Gasteiger partial charge in [0.25, 0.3) is 0 Å². The molecule has 2 aliphatic heterocycles. The van der Waals surface area contributed by atoms with Crippen LogP contribution in [0, 0.1) is 0 Å². The lowest BCUT2D eigenvalue weighted by molar-refractivity contribution is 0.157. The van der Waals surface area contributed by atoms with Crippen LogP contribution in [-0.2, 0) is 4.74 Å². The van der Waals surface area contributed by atoms with Crippen molar-refractivity contribution >= 4 is 0 Å². The van der Waals surface area contributed by atoms with Gasteiger partial charge in [-0.2, -0.15) is 0 Å². The van der Waals surface area contributed by atoms with Crippen molar-refractivity contribution in [1.82, 2.24) is 10.6 Å². The Labute approximate surface area is 54.1 Å². The summed E-state index contributed by atoms with van der Waals surface area (Å²) in [5.74, 6) is 1.07. The molecular formula is C6H10N2O. The standard InChI is InChI=1S/C6H10N2O/c1-2-9-6-4-7-3-5(6)8-1/h4-5,7-8H,1-3H2. The summed E-state index contributed by atoms with van der Waals surface area (Å²) >= 11 is 0. The molecule has 1 saturated heterocycles. The summed E-state index contributed by atoms with van der Waals surface area (Å²) in [5, 5.41) is 6.44. The van der Waals surface area contributed by atoms with E-state index in [1.165, 1.54) is 0 Å². The summed E-state index contributed by atoms with van der Waals surface area (Å²) in [7, 11) is 0. The number of nitrogens with one attached hydrogen (secondary N) is 2. The molecule has 0 aromatic heterocycles. The number of morpholine rings is 1. The number of hydrogen-bond donors (Lipinski definition) is 2. The van der Waals surface area contributed by atoms with Crippen molar-refractivity contribution in [2.75, 3.05) is 19.7 Å². The highest BCUT2D eigenvalue weighted by Gasteiger charge is 2.22. The van der Waals surface area contributed by atoms with Crippen LogP contribution in [0.15, 0.2) is 12.0 Å². The molecule has 1 unspecified atom stereocenters. The van der Waals surface area contributed by atoms with Gasteiger partial charge in [-0.05, 0) is 0 Å². The number of rotatable bonds is 0. The molecular weight excluding hydrogens is 116 g/mol. The van der Waals surface area contributed by atoms with Crippen molar-refractivity contribution < 1.29 is 4.74 Å². The maximum absolute atomic E-state index is 5.34. The molecule has 0 spiro atoms. The van der Waals surface area contributed by atoms with E-state index >= 15 is 0 Å². The van der Waals surface area contributed by atoms with Crippen molar-refractivity contribution in [1.29, 1.82) is 0 Å². The van der Waals surface area contributed by atoms with E-state index in [-0.39, 0.29) is 0 Å². The number of ether oxygens (including phenoxy) is 1. The maximum Gasteiger partial charge on any atom is 0.130 e. The van der Waals surface area contributed by atoms with E-state index < -0.39 is 0 Å². The molecule has 0 radical (unpaired) electrons. The monoisotopic (exact) mass is 126 g/mol. The van der Waals surface area contributed by atoms with Gasteiger partial charge in [-0.15, -0.1) is 0 Å². The van der Waals surface area contributed by atoms with Crippen LogP contribution in [0.4, 0.5) is 0 Å². The van der Waals surface area contributed by atoms with Crippen LogP contribution in [-0.4, -0.2) is 25.7 Å². The van der Waals surface area contributed by atoms with Crippen LogP contribution in [0.2, 0.25) is 0 Å². The van der Waals surface area contributed by atoms with Gasteiger partial charge < -0.3 is 15.4 Å². The molecule has 9 heavy (non-hydrogen) atoms. The van der Waals surface area contributed by atoms with Crippen molar-refractivity contribution in [2.45, 2.75) is 6.04 Å². The van der Waals surface area contributed by atoms with Gasteiger partial charge in [-0.25, -0.2) is 0 Å². The highest BCUT2D eigenvalue weighted by Crippen LogP contribution is 2.10. The van der Waals surface area contributed by atoms with Crippen molar-refractivity contribution in [3.05, 3.63) is 12.0 Å². The molecule has 3 nitrogen and oxygen atoms in total. The number of fused-ring (bicyclic) bond motifs is 1. The van der Waals surface area contributed by atoms with Gasteiger partial charge in [-0.3, -0.25) is 0 Å². The third-order valence-corrected chi connectivity index (χ3v) is 1.67.